The molecule has 0 saturated heterocycles. The molecule has 1 N–H and O–H groups in total. The number of nitrogens with one attached hydrogen (secondary N) is 1. The van der Waals surface area contributed by atoms with Crippen molar-refractivity contribution in [1.29, 1.82) is 0 Å². The van der Waals surface area contributed by atoms with Crippen LogP contribution < -0.4 is 9.62 Å². The van der Waals surface area contributed by atoms with Crippen molar-refractivity contribution >= 4 is 21.6 Å². The summed E-state index contributed by atoms with van der Waals surface area (Å²) in [5.74, 6) is -0.187. The molecule has 1 aliphatic carbocycles. The van der Waals surface area contributed by atoms with E-state index in [0.29, 0.717) is 12.1 Å². The van der Waals surface area contributed by atoms with Gasteiger partial charge in [0.25, 0.3) is 5.91 Å². The summed E-state index contributed by atoms with van der Waals surface area (Å²) < 4.78 is 27.5. The van der Waals surface area contributed by atoms with Gasteiger partial charge in [-0.3, -0.25) is 4.79 Å². The molecule has 3 rings (SSSR count). The number of hydrogen-bond acceptors (Lipinski definition) is 3. The number of hydrogen-bond donors (Lipinski definition) is 1. The zero-order valence-electron chi connectivity index (χ0n) is 14.9. The lowest BCUT2D eigenvalue weighted by Gasteiger charge is -2.23. The summed E-state index contributed by atoms with van der Waals surface area (Å²) in [6.45, 7) is 2.67. The van der Waals surface area contributed by atoms with E-state index in [4.69, 9.17) is 0 Å². The highest BCUT2D eigenvalue weighted by Gasteiger charge is 2.28. The van der Waals surface area contributed by atoms with E-state index in [-0.39, 0.29) is 16.8 Å². The second-order valence-electron chi connectivity index (χ2n) is 6.57. The molecule has 1 aliphatic rings. The number of sulfonamides is 1. The van der Waals surface area contributed by atoms with Crippen LogP contribution in [0.2, 0.25) is 0 Å². The van der Waals surface area contributed by atoms with Crippen LogP contribution >= 0.6 is 0 Å². The van der Waals surface area contributed by atoms with Crippen molar-refractivity contribution in [3.05, 3.63) is 60.2 Å². The molecule has 1 saturated carbocycles. The Morgan fingerprint density at radius 3 is 2.50 bits per heavy atom. The average Bonchev–Trinajstić information content (AvgIpc) is 3.46. The second-order valence-corrected chi connectivity index (χ2v) is 8.28. The molecule has 0 aliphatic heterocycles. The number of carbonyl (C=O) groups is 1. The normalized spacial score (nSPS) is 14.2. The molecule has 1 fully saturated rings. The Bertz CT molecular complexity index is 862. The standard InChI is InChI=1S/C20H24N2O3S/c1-2-3-14-22(18-9-5-4-6-10-18)20(23)16-8-7-11-19(15-16)26(24,25)21-17-12-13-17/h4-11,15,17,21H,2-3,12-14H2,1H3. The van der Waals surface area contributed by atoms with Gasteiger partial charge in [0.15, 0.2) is 0 Å². The van der Waals surface area contributed by atoms with Crippen molar-refractivity contribution in [2.45, 2.75) is 43.5 Å². The summed E-state index contributed by atoms with van der Waals surface area (Å²) in [7, 11) is -3.58. The quantitative estimate of drug-likeness (QED) is 0.770. The molecule has 26 heavy (non-hydrogen) atoms. The van der Waals surface area contributed by atoms with Crippen molar-refractivity contribution in [2.24, 2.45) is 0 Å². The van der Waals surface area contributed by atoms with Gasteiger partial charge in [0, 0.05) is 23.8 Å². The zero-order valence-corrected chi connectivity index (χ0v) is 15.7. The predicted octanol–water partition coefficient (Wildman–Crippen LogP) is 3.57. The van der Waals surface area contributed by atoms with Gasteiger partial charge in [0.1, 0.15) is 0 Å². The maximum absolute atomic E-state index is 13.1. The smallest absolute Gasteiger partial charge is 0.258 e. The van der Waals surface area contributed by atoms with Gasteiger partial charge in [-0.1, -0.05) is 37.6 Å². The van der Waals surface area contributed by atoms with Gasteiger partial charge < -0.3 is 4.90 Å². The first-order valence-corrected chi connectivity index (χ1v) is 10.5. The summed E-state index contributed by atoms with van der Waals surface area (Å²) in [4.78, 5) is 14.9. The minimum atomic E-state index is -3.58. The van der Waals surface area contributed by atoms with Gasteiger partial charge in [-0.15, -0.1) is 0 Å². The predicted molar refractivity (Wildman–Crippen MR) is 103 cm³/mol. The van der Waals surface area contributed by atoms with E-state index in [9.17, 15) is 13.2 Å². The molecule has 2 aromatic carbocycles. The zero-order chi connectivity index (χ0) is 18.6. The third-order valence-corrected chi connectivity index (χ3v) is 5.86. The molecule has 0 heterocycles. The molecule has 6 heteroatoms. The highest BCUT2D eigenvalue weighted by Crippen LogP contribution is 2.23. The molecule has 138 valence electrons. The van der Waals surface area contributed by atoms with Crippen LogP contribution in [0.1, 0.15) is 43.0 Å². The van der Waals surface area contributed by atoms with E-state index in [1.54, 1.807) is 17.0 Å². The Kier molecular flexibility index (Phi) is 5.74. The van der Waals surface area contributed by atoms with Gasteiger partial charge in [-0.2, -0.15) is 0 Å². The van der Waals surface area contributed by atoms with Crippen LogP contribution in [0.3, 0.4) is 0 Å². The first kappa shape index (κ1) is 18.6. The molecule has 0 spiro atoms. The van der Waals surface area contributed by atoms with Crippen LogP contribution in [-0.2, 0) is 10.0 Å². The summed E-state index contributed by atoms with van der Waals surface area (Å²) in [5, 5.41) is 0. The molecule has 0 unspecified atom stereocenters. The second kappa shape index (κ2) is 8.01. The third-order valence-electron chi connectivity index (χ3n) is 4.34. The van der Waals surface area contributed by atoms with Crippen LogP contribution in [0.4, 0.5) is 5.69 Å². The minimum absolute atomic E-state index is 0.0322. The summed E-state index contributed by atoms with van der Waals surface area (Å²) in [5.41, 5.74) is 1.19. The van der Waals surface area contributed by atoms with E-state index in [1.165, 1.54) is 12.1 Å². The lowest BCUT2D eigenvalue weighted by atomic mass is 10.1. The highest BCUT2D eigenvalue weighted by molar-refractivity contribution is 7.89. The topological polar surface area (TPSA) is 66.5 Å². The SMILES string of the molecule is CCCCN(C(=O)c1cccc(S(=O)(=O)NC2CC2)c1)c1ccccc1. The van der Waals surface area contributed by atoms with E-state index < -0.39 is 10.0 Å². The molecule has 0 aromatic heterocycles. The largest absolute Gasteiger partial charge is 0.308 e. The van der Waals surface area contributed by atoms with E-state index in [2.05, 4.69) is 11.6 Å². The summed E-state index contributed by atoms with van der Waals surface area (Å²) in [6, 6.07) is 15.8. The summed E-state index contributed by atoms with van der Waals surface area (Å²) in [6.07, 6.45) is 3.59. The fourth-order valence-electron chi connectivity index (χ4n) is 2.71. The van der Waals surface area contributed by atoms with Gasteiger partial charge in [-0.05, 0) is 49.6 Å². The van der Waals surface area contributed by atoms with Crippen molar-refractivity contribution < 1.29 is 13.2 Å². The minimum Gasteiger partial charge on any atom is -0.308 e. The molecule has 2 aromatic rings. The van der Waals surface area contributed by atoms with E-state index in [1.807, 2.05) is 30.3 Å². The van der Waals surface area contributed by atoms with Gasteiger partial charge in [0.2, 0.25) is 10.0 Å². The molecular formula is C20H24N2O3S. The lowest BCUT2D eigenvalue weighted by molar-refractivity contribution is 0.0986. The number of anilines is 1. The van der Waals surface area contributed by atoms with Crippen LogP contribution in [0.25, 0.3) is 0 Å². The monoisotopic (exact) mass is 372 g/mol. The maximum atomic E-state index is 13.1. The van der Waals surface area contributed by atoms with E-state index >= 15 is 0 Å². The van der Waals surface area contributed by atoms with Crippen molar-refractivity contribution in [1.82, 2.24) is 4.72 Å². The fourth-order valence-corrected chi connectivity index (χ4v) is 4.06. The average molecular weight is 372 g/mol. The Hall–Kier alpha value is -2.18. The molecular weight excluding hydrogens is 348 g/mol. The number of nitrogens with zero attached hydrogens (tertiary/aromatic N) is 1. The van der Waals surface area contributed by atoms with Crippen LogP contribution in [0.5, 0.6) is 0 Å². The number of para-hydroxylation sites is 1. The first-order valence-electron chi connectivity index (χ1n) is 9.00. The Morgan fingerprint density at radius 2 is 1.85 bits per heavy atom. The number of carbonyl (C=O) groups excluding carboxylic acids is 1. The Labute approximate surface area is 155 Å². The number of benzene rings is 2. The van der Waals surface area contributed by atoms with E-state index in [0.717, 1.165) is 31.4 Å². The van der Waals surface area contributed by atoms with Crippen molar-refractivity contribution in [3.63, 3.8) is 0 Å². The maximum Gasteiger partial charge on any atom is 0.258 e. The molecule has 1 amide bonds. The third kappa shape index (κ3) is 4.51. The molecule has 5 nitrogen and oxygen atoms in total. The first-order chi connectivity index (χ1) is 12.5. The van der Waals surface area contributed by atoms with Crippen molar-refractivity contribution in [2.75, 3.05) is 11.4 Å². The van der Waals surface area contributed by atoms with Crippen LogP contribution in [-0.4, -0.2) is 26.9 Å². The van der Waals surface area contributed by atoms with Gasteiger partial charge in [0.05, 0.1) is 4.90 Å². The summed E-state index contributed by atoms with van der Waals surface area (Å²) >= 11 is 0. The van der Waals surface area contributed by atoms with Crippen molar-refractivity contribution in [3.8, 4) is 0 Å². The van der Waals surface area contributed by atoms with Crippen LogP contribution in [0, 0.1) is 0 Å². The molecule has 0 atom stereocenters. The fraction of sp³-hybridized carbons (Fsp3) is 0.350. The number of amides is 1. The molecule has 0 bridgehead atoms. The van der Waals surface area contributed by atoms with Crippen LogP contribution in [0.15, 0.2) is 59.5 Å². The highest BCUT2D eigenvalue weighted by atomic mass is 32.2. The molecule has 0 radical (unpaired) electrons. The Morgan fingerprint density at radius 1 is 1.12 bits per heavy atom. The Balaban J connectivity index is 1.88. The number of rotatable bonds is 8. The number of unbranched alkanes of at least 4 members (excludes halogenated alkanes) is 1. The van der Waals surface area contributed by atoms with Gasteiger partial charge in [-0.25, -0.2) is 13.1 Å². The lowest BCUT2D eigenvalue weighted by Crippen LogP contribution is -2.32. The van der Waals surface area contributed by atoms with Gasteiger partial charge >= 0.3 is 0 Å².